The first-order valence-electron chi connectivity index (χ1n) is 6.21. The van der Waals surface area contributed by atoms with Crippen molar-refractivity contribution in [2.75, 3.05) is 13.7 Å². The molecule has 0 saturated heterocycles. The van der Waals surface area contributed by atoms with Gasteiger partial charge in [0, 0.05) is 6.42 Å². The zero-order chi connectivity index (χ0) is 16.0. The number of nitro groups is 1. The molecule has 0 spiro atoms. The Morgan fingerprint density at radius 2 is 2.14 bits per heavy atom. The van der Waals surface area contributed by atoms with E-state index in [9.17, 15) is 14.9 Å². The Labute approximate surface area is 126 Å². The topological polar surface area (TPSA) is 98.9 Å². The number of alkyl halides is 1. The van der Waals surface area contributed by atoms with Crippen LogP contribution in [-0.4, -0.2) is 29.7 Å². The molecule has 21 heavy (non-hydrogen) atoms. The highest BCUT2D eigenvalue weighted by molar-refractivity contribution is 6.20. The minimum Gasteiger partial charge on any atom is -0.493 e. The molecule has 0 radical (unpaired) electrons. The van der Waals surface area contributed by atoms with Crippen molar-refractivity contribution in [1.82, 2.24) is 0 Å². The first-order chi connectivity index (χ1) is 9.86. The van der Waals surface area contributed by atoms with Crippen molar-refractivity contribution >= 4 is 23.3 Å². The summed E-state index contributed by atoms with van der Waals surface area (Å²) in [6, 6.07) is 2.70. The second kappa shape index (κ2) is 7.68. The van der Waals surface area contributed by atoms with Crippen LogP contribution in [0, 0.1) is 10.1 Å². The van der Waals surface area contributed by atoms with E-state index in [1.54, 1.807) is 6.92 Å². The molecule has 1 aromatic carbocycles. The maximum absolute atomic E-state index is 11.1. The van der Waals surface area contributed by atoms with Crippen LogP contribution in [0.5, 0.6) is 11.5 Å². The third kappa shape index (κ3) is 4.78. The average Bonchev–Trinajstić information content (AvgIpc) is 2.42. The normalized spacial score (nSPS) is 11.8. The molecule has 1 N–H and O–H groups in total. The number of carbonyl (C=O) groups is 1. The zero-order valence-corrected chi connectivity index (χ0v) is 12.4. The molecule has 0 aromatic heterocycles. The smallest absolute Gasteiger partial charge is 0.303 e. The monoisotopic (exact) mass is 317 g/mol. The molecule has 0 fully saturated rings. The summed E-state index contributed by atoms with van der Waals surface area (Å²) >= 11 is 5.93. The van der Waals surface area contributed by atoms with E-state index in [0.717, 1.165) is 0 Å². The van der Waals surface area contributed by atoms with Gasteiger partial charge in [-0.05, 0) is 19.4 Å². The third-order valence-corrected chi connectivity index (χ3v) is 2.97. The number of nitro benzene ring substituents is 1. The second-order valence-corrected chi connectivity index (χ2v) is 4.94. The minimum absolute atomic E-state index is 0.0405. The largest absolute Gasteiger partial charge is 0.493 e. The van der Waals surface area contributed by atoms with Gasteiger partial charge in [-0.2, -0.15) is 0 Å². The van der Waals surface area contributed by atoms with E-state index in [4.69, 9.17) is 26.2 Å². The fourth-order valence-electron chi connectivity index (χ4n) is 1.72. The van der Waals surface area contributed by atoms with E-state index in [1.807, 2.05) is 0 Å². The van der Waals surface area contributed by atoms with E-state index in [-0.39, 0.29) is 24.5 Å². The number of hydrogen-bond donors (Lipinski definition) is 1. The predicted octanol–water partition coefficient (Wildman–Crippen LogP) is 3.15. The molecular weight excluding hydrogens is 302 g/mol. The molecule has 0 amide bonds. The van der Waals surface area contributed by atoms with Crippen molar-refractivity contribution in [3.05, 3.63) is 27.8 Å². The fourth-order valence-corrected chi connectivity index (χ4v) is 1.89. The molecule has 0 saturated carbocycles. The van der Waals surface area contributed by atoms with Gasteiger partial charge < -0.3 is 14.6 Å². The van der Waals surface area contributed by atoms with Crippen molar-refractivity contribution in [2.45, 2.75) is 25.1 Å². The summed E-state index contributed by atoms with van der Waals surface area (Å²) in [6.07, 6.45) is 0.251. The molecule has 0 heterocycles. The molecule has 1 rings (SSSR count). The maximum Gasteiger partial charge on any atom is 0.303 e. The number of hydrogen-bond acceptors (Lipinski definition) is 5. The van der Waals surface area contributed by atoms with E-state index in [1.165, 1.54) is 19.2 Å². The predicted molar refractivity (Wildman–Crippen MR) is 76.3 cm³/mol. The Morgan fingerprint density at radius 1 is 1.48 bits per heavy atom. The number of aliphatic carboxylic acids is 1. The fraction of sp³-hybridized carbons (Fsp3) is 0.462. The van der Waals surface area contributed by atoms with Crippen LogP contribution in [0.25, 0.3) is 0 Å². The van der Waals surface area contributed by atoms with Crippen LogP contribution in [-0.2, 0) is 4.79 Å². The van der Waals surface area contributed by atoms with Crippen LogP contribution in [0.4, 0.5) is 5.69 Å². The van der Waals surface area contributed by atoms with Crippen molar-refractivity contribution in [3.63, 3.8) is 0 Å². The van der Waals surface area contributed by atoms with Crippen LogP contribution in [0.15, 0.2) is 12.1 Å². The van der Waals surface area contributed by atoms with Crippen molar-refractivity contribution in [2.24, 2.45) is 0 Å². The maximum atomic E-state index is 11.1. The summed E-state index contributed by atoms with van der Waals surface area (Å²) in [5.74, 6) is -0.420. The Bertz CT molecular complexity index is 532. The second-order valence-electron chi connectivity index (χ2n) is 4.28. The van der Waals surface area contributed by atoms with Gasteiger partial charge in [0.25, 0.3) is 5.69 Å². The van der Waals surface area contributed by atoms with E-state index in [2.05, 4.69) is 0 Å². The van der Waals surface area contributed by atoms with Gasteiger partial charge in [0.1, 0.15) is 0 Å². The van der Waals surface area contributed by atoms with Crippen LogP contribution in [0.2, 0.25) is 0 Å². The van der Waals surface area contributed by atoms with Crippen molar-refractivity contribution in [1.29, 1.82) is 0 Å². The summed E-state index contributed by atoms with van der Waals surface area (Å²) < 4.78 is 10.5. The van der Waals surface area contributed by atoms with Crippen LogP contribution < -0.4 is 9.47 Å². The van der Waals surface area contributed by atoms with Gasteiger partial charge in [0.2, 0.25) is 0 Å². The molecule has 7 nitrogen and oxygen atoms in total. The lowest BCUT2D eigenvalue weighted by Gasteiger charge is -2.13. The van der Waals surface area contributed by atoms with Crippen molar-refractivity contribution < 1.29 is 24.3 Å². The van der Waals surface area contributed by atoms with Gasteiger partial charge in [-0.3, -0.25) is 14.9 Å². The van der Waals surface area contributed by atoms with Gasteiger partial charge in [0.05, 0.1) is 35.6 Å². The lowest BCUT2D eigenvalue weighted by molar-refractivity contribution is -0.385. The number of rotatable bonds is 8. The van der Waals surface area contributed by atoms with E-state index in [0.29, 0.717) is 17.7 Å². The molecule has 1 unspecified atom stereocenters. The molecule has 116 valence electrons. The molecule has 1 aromatic rings. The lowest BCUT2D eigenvalue weighted by atomic mass is 10.1. The summed E-state index contributed by atoms with van der Waals surface area (Å²) in [7, 11) is 1.41. The van der Waals surface area contributed by atoms with Crippen LogP contribution >= 0.6 is 11.6 Å². The highest BCUT2D eigenvalue weighted by Gasteiger charge is 2.22. The van der Waals surface area contributed by atoms with Gasteiger partial charge in [0.15, 0.2) is 11.5 Å². The molecule has 0 aliphatic rings. The first kappa shape index (κ1) is 17.0. The highest BCUT2D eigenvalue weighted by Crippen LogP contribution is 2.39. The quantitative estimate of drug-likeness (QED) is 0.342. The Balaban J connectivity index is 2.99. The van der Waals surface area contributed by atoms with E-state index >= 15 is 0 Å². The van der Waals surface area contributed by atoms with Gasteiger partial charge in [-0.1, -0.05) is 0 Å². The molecule has 0 aliphatic heterocycles. The number of methoxy groups -OCH3 is 1. The van der Waals surface area contributed by atoms with Gasteiger partial charge in [-0.15, -0.1) is 11.6 Å². The van der Waals surface area contributed by atoms with Gasteiger partial charge in [-0.25, -0.2) is 0 Å². The Kier molecular flexibility index (Phi) is 6.23. The average molecular weight is 318 g/mol. The standard InChI is InChI=1S/C13H16ClNO6/c1-8(14)9-6-11(20-2)12(7-10(9)15(18)19)21-5-3-4-13(16)17/h6-8H,3-5H2,1-2H3,(H,16,17). The van der Waals surface area contributed by atoms with Crippen molar-refractivity contribution in [3.8, 4) is 11.5 Å². The minimum atomic E-state index is -0.928. The summed E-state index contributed by atoms with van der Waals surface area (Å²) in [6.45, 7) is 1.74. The number of carboxylic acid groups (broad SMARTS) is 1. The molecule has 8 heteroatoms. The van der Waals surface area contributed by atoms with Crippen LogP contribution in [0.3, 0.4) is 0 Å². The zero-order valence-electron chi connectivity index (χ0n) is 11.7. The first-order valence-corrected chi connectivity index (χ1v) is 6.65. The van der Waals surface area contributed by atoms with E-state index < -0.39 is 16.3 Å². The SMILES string of the molecule is COc1cc(C(C)Cl)c([N+](=O)[O-])cc1OCCCC(=O)O. The number of carboxylic acids is 1. The lowest BCUT2D eigenvalue weighted by Crippen LogP contribution is -2.05. The summed E-state index contributed by atoms with van der Waals surface area (Å²) in [5, 5.41) is 19.1. The third-order valence-electron chi connectivity index (χ3n) is 2.73. The highest BCUT2D eigenvalue weighted by atomic mass is 35.5. The van der Waals surface area contributed by atoms with Gasteiger partial charge >= 0.3 is 5.97 Å². The Morgan fingerprint density at radius 3 is 2.62 bits per heavy atom. The molecule has 0 bridgehead atoms. The molecular formula is C13H16ClNO6. The number of halogens is 1. The summed E-state index contributed by atoms with van der Waals surface area (Å²) in [4.78, 5) is 20.9. The molecule has 1 atom stereocenters. The van der Waals surface area contributed by atoms with Crippen LogP contribution in [0.1, 0.15) is 30.7 Å². The number of nitrogens with zero attached hydrogens (tertiary/aromatic N) is 1. The number of ether oxygens (including phenoxy) is 2. The Hall–Kier alpha value is -2.02. The molecule has 0 aliphatic carbocycles. The number of benzene rings is 1. The summed E-state index contributed by atoms with van der Waals surface area (Å²) in [5.41, 5.74) is 0.169.